The molecule has 1 aromatic rings. The van der Waals surface area contributed by atoms with Gasteiger partial charge in [0.25, 0.3) is 0 Å². The van der Waals surface area contributed by atoms with Gasteiger partial charge in [-0.1, -0.05) is 32.9 Å². The number of nitrogens with one attached hydrogen (secondary N) is 2. The van der Waals surface area contributed by atoms with Crippen LogP contribution in [0.2, 0.25) is 0 Å². The van der Waals surface area contributed by atoms with Crippen molar-refractivity contribution in [2.75, 3.05) is 38.7 Å². The molecular formula is C22H39IN4O. The van der Waals surface area contributed by atoms with Gasteiger partial charge in [-0.3, -0.25) is 0 Å². The molecule has 2 unspecified atom stereocenters. The zero-order valence-corrected chi connectivity index (χ0v) is 20.7. The van der Waals surface area contributed by atoms with Crippen LogP contribution in [0, 0.1) is 11.3 Å². The van der Waals surface area contributed by atoms with Crippen LogP contribution in [0.3, 0.4) is 0 Å². The Morgan fingerprint density at radius 1 is 1.18 bits per heavy atom. The third-order valence-electron chi connectivity index (χ3n) is 5.05. The lowest BCUT2D eigenvalue weighted by molar-refractivity contribution is -0.0835. The van der Waals surface area contributed by atoms with E-state index in [9.17, 15) is 0 Å². The maximum Gasteiger partial charge on any atom is 0.191 e. The number of guanidine groups is 1. The van der Waals surface area contributed by atoms with Crippen molar-refractivity contribution >= 4 is 35.6 Å². The molecule has 2 N–H and O–H groups in total. The van der Waals surface area contributed by atoms with Crippen LogP contribution in [0.5, 0.6) is 0 Å². The van der Waals surface area contributed by atoms with Crippen molar-refractivity contribution < 1.29 is 4.74 Å². The Balaban J connectivity index is 0.00000392. The lowest BCUT2D eigenvalue weighted by atomic mass is 9.78. The standard InChI is InChI=1S/C22H38N4O.HI/c1-7-23-21(24-15-17-10-12-19(13-11-17)26(5)6)25-16-18-9-8-14-27-20(18)22(2,3)4;/h10-13,18,20H,7-9,14-16H2,1-6H3,(H2,23,24,25);1H. The van der Waals surface area contributed by atoms with E-state index in [1.165, 1.54) is 17.7 Å². The van der Waals surface area contributed by atoms with Crippen molar-refractivity contribution in [2.45, 2.75) is 53.2 Å². The Morgan fingerprint density at radius 2 is 1.86 bits per heavy atom. The largest absolute Gasteiger partial charge is 0.378 e. The Labute approximate surface area is 188 Å². The molecule has 1 fully saturated rings. The molecule has 5 nitrogen and oxygen atoms in total. The smallest absolute Gasteiger partial charge is 0.191 e. The number of hydrogen-bond acceptors (Lipinski definition) is 3. The van der Waals surface area contributed by atoms with Crippen molar-refractivity contribution in [3.8, 4) is 0 Å². The lowest BCUT2D eigenvalue weighted by Crippen LogP contribution is -2.47. The van der Waals surface area contributed by atoms with E-state index in [2.05, 4.69) is 81.6 Å². The summed E-state index contributed by atoms with van der Waals surface area (Å²) < 4.78 is 6.10. The summed E-state index contributed by atoms with van der Waals surface area (Å²) in [5, 5.41) is 6.91. The first-order chi connectivity index (χ1) is 12.8. The van der Waals surface area contributed by atoms with Gasteiger partial charge in [0.05, 0.1) is 12.6 Å². The summed E-state index contributed by atoms with van der Waals surface area (Å²) in [6.07, 6.45) is 2.64. The molecule has 2 rings (SSSR count). The molecule has 0 radical (unpaired) electrons. The first-order valence-corrected chi connectivity index (χ1v) is 10.2. The van der Waals surface area contributed by atoms with Gasteiger partial charge in [0.2, 0.25) is 0 Å². The molecule has 0 amide bonds. The second-order valence-electron chi connectivity index (χ2n) is 8.70. The highest BCUT2D eigenvalue weighted by Gasteiger charge is 2.35. The van der Waals surface area contributed by atoms with Crippen LogP contribution >= 0.6 is 24.0 Å². The number of halogens is 1. The minimum atomic E-state index is 0. The number of hydrogen-bond donors (Lipinski definition) is 2. The third kappa shape index (κ3) is 7.78. The van der Waals surface area contributed by atoms with Gasteiger partial charge < -0.3 is 20.3 Å². The molecule has 0 bridgehead atoms. The monoisotopic (exact) mass is 502 g/mol. The fourth-order valence-corrected chi connectivity index (χ4v) is 3.65. The fraction of sp³-hybridized carbons (Fsp3) is 0.682. The molecule has 1 aromatic carbocycles. The maximum absolute atomic E-state index is 6.10. The topological polar surface area (TPSA) is 48.9 Å². The first-order valence-electron chi connectivity index (χ1n) is 10.2. The van der Waals surface area contributed by atoms with Crippen molar-refractivity contribution in [3.63, 3.8) is 0 Å². The molecule has 1 heterocycles. The van der Waals surface area contributed by atoms with E-state index in [0.29, 0.717) is 18.6 Å². The third-order valence-corrected chi connectivity index (χ3v) is 5.05. The molecule has 1 saturated heterocycles. The minimum absolute atomic E-state index is 0. The second-order valence-corrected chi connectivity index (χ2v) is 8.70. The van der Waals surface area contributed by atoms with Gasteiger partial charge in [-0.15, -0.1) is 24.0 Å². The van der Waals surface area contributed by atoms with Crippen LogP contribution < -0.4 is 15.5 Å². The van der Waals surface area contributed by atoms with E-state index in [-0.39, 0.29) is 29.4 Å². The average Bonchev–Trinajstić information content (AvgIpc) is 2.64. The van der Waals surface area contributed by atoms with E-state index in [1.807, 2.05) is 0 Å². The molecule has 0 saturated carbocycles. The Bertz CT molecular complexity index is 596. The fourth-order valence-electron chi connectivity index (χ4n) is 3.65. The summed E-state index contributed by atoms with van der Waals surface area (Å²) in [6.45, 7) is 12.2. The second kappa shape index (κ2) is 11.9. The van der Waals surface area contributed by atoms with Crippen LogP contribution in [0.15, 0.2) is 29.3 Å². The molecule has 2 atom stereocenters. The number of anilines is 1. The van der Waals surface area contributed by atoms with Gasteiger partial charge in [0.1, 0.15) is 0 Å². The van der Waals surface area contributed by atoms with Crippen LogP contribution in [0.4, 0.5) is 5.69 Å². The Hall–Kier alpha value is -1.02. The minimum Gasteiger partial charge on any atom is -0.378 e. The number of ether oxygens (including phenoxy) is 1. The summed E-state index contributed by atoms with van der Waals surface area (Å²) >= 11 is 0. The summed E-state index contributed by atoms with van der Waals surface area (Å²) in [7, 11) is 4.11. The van der Waals surface area contributed by atoms with E-state index in [0.717, 1.165) is 32.1 Å². The quantitative estimate of drug-likeness (QED) is 0.347. The van der Waals surface area contributed by atoms with E-state index < -0.39 is 0 Å². The first kappa shape index (κ1) is 25.0. The normalized spacial score (nSPS) is 20.3. The van der Waals surface area contributed by atoms with E-state index in [1.54, 1.807) is 0 Å². The summed E-state index contributed by atoms with van der Waals surface area (Å²) in [6, 6.07) is 8.57. The van der Waals surface area contributed by atoms with Gasteiger partial charge in [-0.2, -0.15) is 0 Å². The summed E-state index contributed by atoms with van der Waals surface area (Å²) in [4.78, 5) is 6.88. The van der Waals surface area contributed by atoms with Crippen LogP contribution in [0.25, 0.3) is 0 Å². The molecule has 28 heavy (non-hydrogen) atoms. The van der Waals surface area contributed by atoms with Crippen molar-refractivity contribution in [2.24, 2.45) is 16.3 Å². The highest BCUT2D eigenvalue weighted by atomic mass is 127. The highest BCUT2D eigenvalue weighted by Crippen LogP contribution is 2.33. The Kier molecular flexibility index (Phi) is 10.6. The number of benzene rings is 1. The van der Waals surface area contributed by atoms with Crippen molar-refractivity contribution in [1.82, 2.24) is 10.6 Å². The predicted octanol–water partition coefficient (Wildman–Crippen LogP) is 4.27. The summed E-state index contributed by atoms with van der Waals surface area (Å²) in [5.74, 6) is 1.40. The average molecular weight is 502 g/mol. The summed E-state index contributed by atoms with van der Waals surface area (Å²) in [5.41, 5.74) is 2.58. The van der Waals surface area contributed by atoms with Gasteiger partial charge >= 0.3 is 0 Å². The van der Waals surface area contributed by atoms with Gasteiger partial charge in [0, 0.05) is 45.4 Å². The van der Waals surface area contributed by atoms with Crippen LogP contribution in [-0.4, -0.2) is 45.9 Å². The zero-order valence-electron chi connectivity index (χ0n) is 18.4. The zero-order chi connectivity index (χ0) is 19.9. The molecule has 0 aliphatic carbocycles. The van der Waals surface area contributed by atoms with Crippen LogP contribution in [0.1, 0.15) is 46.1 Å². The lowest BCUT2D eigenvalue weighted by Gasteiger charge is -2.40. The van der Waals surface area contributed by atoms with Gasteiger partial charge in [-0.05, 0) is 42.9 Å². The molecule has 6 heteroatoms. The molecule has 1 aliphatic rings. The SMILES string of the molecule is CCNC(=NCc1ccc(N(C)C)cc1)NCC1CCCOC1C(C)(C)C.I. The molecule has 1 aliphatic heterocycles. The highest BCUT2D eigenvalue weighted by molar-refractivity contribution is 14.0. The van der Waals surface area contributed by atoms with Crippen LogP contribution in [-0.2, 0) is 11.3 Å². The molecular weight excluding hydrogens is 463 g/mol. The Morgan fingerprint density at radius 3 is 2.43 bits per heavy atom. The van der Waals surface area contributed by atoms with E-state index in [4.69, 9.17) is 9.73 Å². The van der Waals surface area contributed by atoms with Gasteiger partial charge in [0.15, 0.2) is 5.96 Å². The maximum atomic E-state index is 6.10. The molecule has 160 valence electrons. The molecule has 0 spiro atoms. The number of rotatable bonds is 6. The number of nitrogens with zero attached hydrogens (tertiary/aromatic N) is 2. The predicted molar refractivity (Wildman–Crippen MR) is 131 cm³/mol. The molecule has 0 aromatic heterocycles. The van der Waals surface area contributed by atoms with Gasteiger partial charge in [-0.25, -0.2) is 4.99 Å². The number of aliphatic imine (C=N–C) groups is 1. The van der Waals surface area contributed by atoms with Crippen molar-refractivity contribution in [1.29, 1.82) is 0 Å². The van der Waals surface area contributed by atoms with E-state index >= 15 is 0 Å². The van der Waals surface area contributed by atoms with Crippen molar-refractivity contribution in [3.05, 3.63) is 29.8 Å².